The summed E-state index contributed by atoms with van der Waals surface area (Å²) in [7, 11) is -2.55. The Hall–Kier alpha value is -2.56. The van der Waals surface area contributed by atoms with Crippen LogP contribution in [-0.4, -0.2) is 41.2 Å². The van der Waals surface area contributed by atoms with Crippen molar-refractivity contribution in [2.75, 3.05) is 16.4 Å². The summed E-state index contributed by atoms with van der Waals surface area (Å²) in [5.74, 6) is 2.24. The van der Waals surface area contributed by atoms with Gasteiger partial charge >= 0.3 is 0 Å². The Labute approximate surface area is 231 Å². The summed E-state index contributed by atoms with van der Waals surface area (Å²) in [6.07, 6.45) is 2.25. The molecule has 8 nitrogen and oxygen atoms in total. The molecule has 0 radical (unpaired) electrons. The van der Waals surface area contributed by atoms with E-state index in [9.17, 15) is 13.9 Å². The number of halogens is 2. The molecule has 0 aliphatic carbocycles. The minimum Gasteiger partial charge on any atom is -0.361 e. The lowest BCUT2D eigenvalue weighted by Gasteiger charge is -2.40. The van der Waals surface area contributed by atoms with Gasteiger partial charge in [-0.2, -0.15) is 10.6 Å². The normalized spacial score (nSPS) is 20.9. The molecular weight excluding hydrogens is 547 g/mol. The quantitative estimate of drug-likeness (QED) is 0.260. The van der Waals surface area contributed by atoms with Crippen LogP contribution < -0.4 is 4.90 Å². The van der Waals surface area contributed by atoms with Crippen LogP contribution in [0.3, 0.4) is 0 Å². The van der Waals surface area contributed by atoms with Gasteiger partial charge < -0.3 is 14.0 Å². The van der Waals surface area contributed by atoms with Crippen molar-refractivity contribution in [3.8, 4) is 11.1 Å². The van der Waals surface area contributed by atoms with Gasteiger partial charge in [-0.25, -0.2) is 4.98 Å². The first kappa shape index (κ1) is 25.7. The average molecular weight is 576 g/mol. The number of amides is 1. The highest BCUT2D eigenvalue weighted by Crippen LogP contribution is 2.49. The number of aryl methyl sites for hydroxylation is 2. The highest BCUT2D eigenvalue weighted by atomic mass is 35.5. The van der Waals surface area contributed by atoms with E-state index in [-0.39, 0.29) is 18.0 Å². The molecule has 0 bridgehead atoms. The number of anilines is 1. The molecule has 0 unspecified atom stereocenters. The predicted molar refractivity (Wildman–Crippen MR) is 151 cm³/mol. The van der Waals surface area contributed by atoms with Crippen LogP contribution in [0.15, 0.2) is 40.9 Å². The number of hydrogen-bond donors (Lipinski definition) is 2. The second-order valence-corrected chi connectivity index (χ2v) is 13.3. The Morgan fingerprint density at radius 2 is 1.79 bits per heavy atom. The number of carbonyl (C=O) groups is 1. The molecule has 0 saturated carbocycles. The van der Waals surface area contributed by atoms with Gasteiger partial charge in [-0.05, 0) is 69.0 Å². The Bertz CT molecular complexity index is 1540. The van der Waals surface area contributed by atoms with Crippen LogP contribution >= 0.6 is 33.8 Å². The Morgan fingerprint density at radius 3 is 2.47 bits per heavy atom. The summed E-state index contributed by atoms with van der Waals surface area (Å²) in [4.78, 5) is 20.1. The molecule has 38 heavy (non-hydrogen) atoms. The van der Waals surface area contributed by atoms with Crippen LogP contribution in [0.4, 0.5) is 5.69 Å². The summed E-state index contributed by atoms with van der Waals surface area (Å²) in [6.45, 7) is 3.81. The third kappa shape index (κ3) is 4.40. The van der Waals surface area contributed by atoms with Gasteiger partial charge in [0.1, 0.15) is 11.6 Å². The molecule has 4 aromatic rings. The maximum atomic E-state index is 13.2. The van der Waals surface area contributed by atoms with E-state index in [2.05, 4.69) is 15.8 Å². The molecule has 2 aromatic heterocycles. The maximum Gasteiger partial charge on any atom is 0.227 e. The highest BCUT2D eigenvalue weighted by molar-refractivity contribution is 8.24. The minimum atomic E-state index is -2.55. The summed E-state index contributed by atoms with van der Waals surface area (Å²) in [5.41, 5.74) is 5.16. The number of rotatable bonds is 4. The zero-order chi connectivity index (χ0) is 26.8. The number of hydrogen-bond acceptors (Lipinski definition) is 6. The fourth-order valence-electron chi connectivity index (χ4n) is 5.83. The fraction of sp³-hybridized carbons (Fsp3) is 0.370. The van der Waals surface area contributed by atoms with E-state index in [1.54, 1.807) is 17.0 Å². The molecule has 1 atom stereocenters. The fourth-order valence-corrected chi connectivity index (χ4v) is 7.62. The monoisotopic (exact) mass is 574 g/mol. The molecule has 2 aliphatic rings. The van der Waals surface area contributed by atoms with Crippen molar-refractivity contribution in [3.05, 3.63) is 63.7 Å². The van der Waals surface area contributed by atoms with E-state index >= 15 is 0 Å². The first-order chi connectivity index (χ1) is 18.1. The van der Waals surface area contributed by atoms with Gasteiger partial charge in [-0.15, -0.1) is 0 Å². The van der Waals surface area contributed by atoms with E-state index in [0.717, 1.165) is 39.4 Å². The molecule has 2 fully saturated rings. The Balaban J connectivity index is 1.50. The molecule has 0 spiro atoms. The molecule has 1 amide bonds. The Kier molecular flexibility index (Phi) is 6.47. The van der Waals surface area contributed by atoms with Crippen molar-refractivity contribution in [1.29, 1.82) is 0 Å². The number of aromatic nitrogens is 3. The largest absolute Gasteiger partial charge is 0.361 e. The van der Waals surface area contributed by atoms with E-state index in [4.69, 9.17) is 32.7 Å². The molecule has 2 saturated heterocycles. The molecule has 2 aliphatic heterocycles. The van der Waals surface area contributed by atoms with Gasteiger partial charge in [0.05, 0.1) is 32.8 Å². The first-order valence-corrected chi connectivity index (χ1v) is 15.2. The van der Waals surface area contributed by atoms with Crippen molar-refractivity contribution in [1.82, 2.24) is 14.7 Å². The van der Waals surface area contributed by atoms with Gasteiger partial charge in [-0.3, -0.25) is 13.9 Å². The van der Waals surface area contributed by atoms with Crippen molar-refractivity contribution in [3.63, 3.8) is 0 Å². The van der Waals surface area contributed by atoms with Gasteiger partial charge in [-0.1, -0.05) is 34.4 Å². The number of benzene rings is 2. The number of imidazole rings is 1. The lowest BCUT2D eigenvalue weighted by molar-refractivity contribution is -0.117. The second kappa shape index (κ2) is 9.57. The number of carbonyl (C=O) groups excluding carboxylic acids is 1. The second-order valence-electron chi connectivity index (χ2n) is 10.1. The molecule has 6 rings (SSSR count). The van der Waals surface area contributed by atoms with E-state index < -0.39 is 10.6 Å². The van der Waals surface area contributed by atoms with Crippen LogP contribution in [-0.2, 0) is 4.79 Å². The van der Waals surface area contributed by atoms with Crippen LogP contribution in [0.5, 0.6) is 0 Å². The first-order valence-electron chi connectivity index (χ1n) is 12.6. The van der Waals surface area contributed by atoms with Gasteiger partial charge in [0.25, 0.3) is 0 Å². The minimum absolute atomic E-state index is 0.00114. The molecule has 11 heteroatoms. The van der Waals surface area contributed by atoms with Gasteiger partial charge in [0.15, 0.2) is 0 Å². The number of nitrogens with zero attached hydrogens (tertiary/aromatic N) is 4. The van der Waals surface area contributed by atoms with E-state index in [0.29, 0.717) is 52.9 Å². The summed E-state index contributed by atoms with van der Waals surface area (Å²) in [6, 6.07) is 11.1. The smallest absolute Gasteiger partial charge is 0.227 e. The lowest BCUT2D eigenvalue weighted by Crippen LogP contribution is -2.31. The van der Waals surface area contributed by atoms with Crippen molar-refractivity contribution < 1.29 is 18.4 Å². The number of fused-ring (bicyclic) bond motifs is 1. The molecular formula is C27H28Cl2N4O4S. The molecule has 200 valence electrons. The van der Waals surface area contributed by atoms with Crippen molar-refractivity contribution in [2.45, 2.75) is 51.6 Å². The summed E-state index contributed by atoms with van der Waals surface area (Å²) >= 11 is 12.5. The summed E-state index contributed by atoms with van der Waals surface area (Å²) in [5, 5.41) is 4.92. The van der Waals surface area contributed by atoms with Crippen LogP contribution in [0.25, 0.3) is 22.2 Å². The average Bonchev–Trinajstić information content (AvgIpc) is 3.55. The Morgan fingerprint density at radius 1 is 1.03 bits per heavy atom. The van der Waals surface area contributed by atoms with Crippen LogP contribution in [0.1, 0.15) is 55.0 Å². The highest BCUT2D eigenvalue weighted by Gasteiger charge is 2.39. The van der Waals surface area contributed by atoms with Gasteiger partial charge in [0.2, 0.25) is 5.91 Å². The standard InChI is InChI=1S/C27H28Cl2N4O4S/c1-15-26(16(2)37-31-15)17-3-6-23-22(13-17)30-27(33(23)18-9-11-38(35,36)12-10-18)24-7-8-25(34)32(24)19-4-5-20(28)21(29)14-19/h3-6,13-14,18,24,35-36H,7-12H2,1-2H3/t24-/m0/s1. The van der Waals surface area contributed by atoms with Gasteiger partial charge in [0, 0.05) is 35.2 Å². The summed E-state index contributed by atoms with van der Waals surface area (Å²) < 4.78 is 28.2. The lowest BCUT2D eigenvalue weighted by atomic mass is 10.0. The third-order valence-electron chi connectivity index (χ3n) is 7.65. The van der Waals surface area contributed by atoms with E-state index in [1.807, 2.05) is 32.0 Å². The third-order valence-corrected chi connectivity index (χ3v) is 10.2. The zero-order valence-corrected chi connectivity index (χ0v) is 23.4. The van der Waals surface area contributed by atoms with Crippen LogP contribution in [0, 0.1) is 13.8 Å². The molecule has 2 N–H and O–H groups in total. The zero-order valence-electron chi connectivity index (χ0n) is 21.0. The van der Waals surface area contributed by atoms with Crippen LogP contribution in [0.2, 0.25) is 10.0 Å². The molecule has 2 aromatic carbocycles. The topological polar surface area (TPSA) is 105 Å². The molecule has 4 heterocycles. The predicted octanol–water partition coefficient (Wildman–Crippen LogP) is 7.57. The maximum absolute atomic E-state index is 13.2. The van der Waals surface area contributed by atoms with Crippen molar-refractivity contribution >= 4 is 56.4 Å². The van der Waals surface area contributed by atoms with Crippen molar-refractivity contribution in [2.24, 2.45) is 0 Å². The van der Waals surface area contributed by atoms with E-state index in [1.165, 1.54) is 0 Å². The SMILES string of the molecule is Cc1noc(C)c1-c1ccc2c(c1)nc([C@@H]1CCC(=O)N1c1ccc(Cl)c(Cl)c1)n2C1CCS(O)(O)CC1.